The molecule has 0 spiro atoms. The summed E-state index contributed by atoms with van der Waals surface area (Å²) in [6.07, 6.45) is 6.52. The van der Waals surface area contributed by atoms with E-state index in [0.29, 0.717) is 22.7 Å². The normalized spacial score (nSPS) is 13.4. The summed E-state index contributed by atoms with van der Waals surface area (Å²) in [5.74, 6) is 2.15. The maximum Gasteiger partial charge on any atom is 0.269 e. The number of hydrogen-bond acceptors (Lipinski definition) is 2. The van der Waals surface area contributed by atoms with E-state index in [-0.39, 0.29) is 33.9 Å². The lowest BCUT2D eigenvalue weighted by atomic mass is 9.78. The molecule has 5 heteroatoms. The standard InChI is InChI=1S/C61H58N4O/c1-59(2,3)39-41-31-32-62-57(33-41)65-53-26-14-13-23-51(53)52-30-29-48(38-56(52)65)66-47-22-17-21-46(37-47)63-40-64(55-28-16-15-27-54(55)63)58-49(42-19-11-10-12-20-42)24-18-25-50(58)43-34-44(60(4,5)6)36-45(35-43)61(7,8)9/h10-38H,39H2,1-9H3/i10D,11D,12D,19D,20D. The Morgan fingerprint density at radius 2 is 1.24 bits per heavy atom. The molecule has 3 aromatic heterocycles. The molecule has 10 aromatic rings. The highest BCUT2D eigenvalue weighted by Crippen LogP contribution is 2.40. The molecule has 0 fully saturated rings. The van der Waals surface area contributed by atoms with Crippen LogP contribution in [0.25, 0.3) is 72.3 Å². The second-order valence-corrected chi connectivity index (χ2v) is 20.7. The van der Waals surface area contributed by atoms with E-state index in [9.17, 15) is 2.74 Å². The quantitative estimate of drug-likeness (QED) is 0.113. The van der Waals surface area contributed by atoms with Crippen molar-refractivity contribution in [3.05, 3.63) is 199 Å². The van der Waals surface area contributed by atoms with Gasteiger partial charge in [-0.25, -0.2) is 4.98 Å². The molecule has 0 saturated carbocycles. The summed E-state index contributed by atoms with van der Waals surface area (Å²) in [4.78, 5) is 4.88. The number of rotatable bonds is 8. The first-order chi connectivity index (χ1) is 33.7. The number of imidazole rings is 1. The minimum Gasteiger partial charge on any atom is -0.458 e. The van der Waals surface area contributed by atoms with E-state index in [4.69, 9.17) is 13.8 Å². The summed E-state index contributed by atoms with van der Waals surface area (Å²) in [5.41, 5.74) is 10.8. The predicted octanol–water partition coefficient (Wildman–Crippen LogP) is 15.5. The van der Waals surface area contributed by atoms with E-state index in [0.717, 1.165) is 73.0 Å². The van der Waals surface area contributed by atoms with E-state index in [1.807, 2.05) is 82.1 Å². The van der Waals surface area contributed by atoms with Gasteiger partial charge in [-0.05, 0) is 110 Å². The van der Waals surface area contributed by atoms with Crippen LogP contribution in [0.3, 0.4) is 0 Å². The zero-order chi connectivity index (χ0) is 50.3. The van der Waals surface area contributed by atoms with Crippen LogP contribution in [0.4, 0.5) is 0 Å². The zero-order valence-electron chi connectivity index (χ0n) is 44.3. The van der Waals surface area contributed by atoms with Gasteiger partial charge in [0.25, 0.3) is 6.33 Å². The molecule has 66 heavy (non-hydrogen) atoms. The number of fused-ring (bicyclic) bond motifs is 4. The Morgan fingerprint density at radius 3 is 1.97 bits per heavy atom. The third-order valence-corrected chi connectivity index (χ3v) is 12.3. The third kappa shape index (κ3) is 8.19. The Balaban J connectivity index is 1.14. The van der Waals surface area contributed by atoms with Crippen LogP contribution in [0.15, 0.2) is 176 Å². The van der Waals surface area contributed by atoms with Gasteiger partial charge in [-0.1, -0.05) is 177 Å². The van der Waals surface area contributed by atoms with Gasteiger partial charge in [-0.2, -0.15) is 0 Å². The van der Waals surface area contributed by atoms with Gasteiger partial charge in [0.1, 0.15) is 17.3 Å². The molecule has 0 aliphatic rings. The van der Waals surface area contributed by atoms with Crippen molar-refractivity contribution in [1.29, 1.82) is 0 Å². The van der Waals surface area contributed by atoms with E-state index in [2.05, 4.69) is 146 Å². The lowest BCUT2D eigenvalue weighted by Crippen LogP contribution is -2.31. The average Bonchev–Trinajstić information content (AvgIpc) is 3.87. The van der Waals surface area contributed by atoms with Gasteiger partial charge >= 0.3 is 0 Å². The Labute approximate surface area is 396 Å². The van der Waals surface area contributed by atoms with Gasteiger partial charge in [0, 0.05) is 23.0 Å². The van der Waals surface area contributed by atoms with E-state index in [1.165, 1.54) is 5.56 Å². The fraction of sp³-hybridized carbons (Fsp3) is 0.213. The van der Waals surface area contributed by atoms with Gasteiger partial charge in [0.2, 0.25) is 0 Å². The topological polar surface area (TPSA) is 35.9 Å². The van der Waals surface area contributed by atoms with Crippen molar-refractivity contribution in [3.63, 3.8) is 0 Å². The highest BCUT2D eigenvalue weighted by molar-refractivity contribution is 6.09. The van der Waals surface area contributed by atoms with Crippen LogP contribution in [0.5, 0.6) is 11.5 Å². The van der Waals surface area contributed by atoms with Crippen molar-refractivity contribution in [2.75, 3.05) is 0 Å². The smallest absolute Gasteiger partial charge is 0.269 e. The largest absolute Gasteiger partial charge is 0.458 e. The summed E-state index contributed by atoms with van der Waals surface area (Å²) < 4.78 is 57.3. The van der Waals surface area contributed by atoms with E-state index in [1.54, 1.807) is 0 Å². The summed E-state index contributed by atoms with van der Waals surface area (Å²) in [7, 11) is 0. The van der Waals surface area contributed by atoms with E-state index >= 15 is 0 Å². The minimum atomic E-state index is -0.437. The van der Waals surface area contributed by atoms with Crippen LogP contribution < -0.4 is 9.30 Å². The molecule has 5 nitrogen and oxygen atoms in total. The first-order valence-electron chi connectivity index (χ1n) is 25.2. The Morgan fingerprint density at radius 1 is 0.591 bits per heavy atom. The molecule has 0 atom stereocenters. The number of benzene rings is 7. The number of para-hydroxylation sites is 4. The minimum absolute atomic E-state index is 0.119. The summed E-state index contributed by atoms with van der Waals surface area (Å²) >= 11 is 0. The van der Waals surface area contributed by atoms with Gasteiger partial charge in [-0.3, -0.25) is 13.7 Å². The fourth-order valence-corrected chi connectivity index (χ4v) is 9.06. The van der Waals surface area contributed by atoms with Gasteiger partial charge in [-0.15, -0.1) is 0 Å². The fourth-order valence-electron chi connectivity index (χ4n) is 9.06. The molecular formula is C61H58N4O. The lowest BCUT2D eigenvalue weighted by molar-refractivity contribution is -0.571. The molecule has 0 aliphatic carbocycles. The average molecular weight is 868 g/mol. The second kappa shape index (κ2) is 16.3. The van der Waals surface area contributed by atoms with Gasteiger partial charge < -0.3 is 4.74 Å². The van der Waals surface area contributed by atoms with Crippen LogP contribution in [0.2, 0.25) is 0 Å². The maximum atomic E-state index is 9.21. The summed E-state index contributed by atoms with van der Waals surface area (Å²) in [6, 6.07) is 45.7. The molecule has 0 saturated heterocycles. The number of pyridine rings is 1. The highest BCUT2D eigenvalue weighted by Gasteiger charge is 2.25. The van der Waals surface area contributed by atoms with Crippen LogP contribution in [0, 0.1) is 11.7 Å². The predicted molar refractivity (Wildman–Crippen MR) is 274 cm³/mol. The van der Waals surface area contributed by atoms with Crippen molar-refractivity contribution in [3.8, 4) is 50.9 Å². The molecule has 7 aromatic carbocycles. The molecule has 0 bridgehead atoms. The van der Waals surface area contributed by atoms with Gasteiger partial charge in [0.05, 0.1) is 40.3 Å². The van der Waals surface area contributed by atoms with Crippen LogP contribution >= 0.6 is 0 Å². The van der Waals surface area contributed by atoms with Crippen molar-refractivity contribution >= 4 is 32.8 Å². The number of nitrogens with zero attached hydrogens (tertiary/aromatic N) is 4. The summed E-state index contributed by atoms with van der Waals surface area (Å²) in [6.45, 7) is 20.0. The van der Waals surface area contributed by atoms with E-state index < -0.39 is 18.1 Å². The molecule has 0 amide bonds. The second-order valence-electron chi connectivity index (χ2n) is 20.7. The van der Waals surface area contributed by atoms with Crippen LogP contribution in [-0.4, -0.2) is 14.1 Å². The molecular weight excluding hydrogens is 805 g/mol. The first kappa shape index (κ1) is 37.0. The Bertz CT molecular complexity index is 3670. The SMILES string of the molecule is [2H]c1c([2H])c([2H])c(-c2cccc(-c3cc(C(C)(C)C)cc(C(C)(C)C)c3)c2-[n+]2[c-]n(-c3cccc(Oc4ccc5c6ccccc6n(-c6cc(CC(C)(C)C)ccn6)c5c4)c3)c3ccccc32)c([2H])c1[2H]. The Kier molecular flexibility index (Phi) is 9.16. The third-order valence-electron chi connectivity index (χ3n) is 12.3. The molecule has 0 aliphatic heterocycles. The highest BCUT2D eigenvalue weighted by atomic mass is 16.5. The Hall–Kier alpha value is -7.24. The number of hydrogen-bond donors (Lipinski definition) is 0. The van der Waals surface area contributed by atoms with Crippen molar-refractivity contribution in [2.24, 2.45) is 5.41 Å². The van der Waals surface area contributed by atoms with Crippen molar-refractivity contribution in [1.82, 2.24) is 14.1 Å². The molecule has 0 radical (unpaired) electrons. The number of ether oxygens (including phenoxy) is 1. The lowest BCUT2D eigenvalue weighted by Gasteiger charge is -2.27. The molecule has 328 valence electrons. The summed E-state index contributed by atoms with van der Waals surface area (Å²) in [5, 5.41) is 2.24. The molecule has 3 heterocycles. The maximum absolute atomic E-state index is 9.21. The monoisotopic (exact) mass is 867 g/mol. The zero-order valence-corrected chi connectivity index (χ0v) is 39.3. The van der Waals surface area contributed by atoms with Crippen LogP contribution in [0.1, 0.15) is 85.9 Å². The number of aromatic nitrogens is 4. The molecule has 0 unspecified atom stereocenters. The van der Waals surface area contributed by atoms with Crippen molar-refractivity contribution in [2.45, 2.75) is 79.6 Å². The molecule has 10 rings (SSSR count). The van der Waals surface area contributed by atoms with Crippen molar-refractivity contribution < 1.29 is 16.2 Å². The van der Waals surface area contributed by atoms with Gasteiger partial charge in [0.15, 0.2) is 0 Å². The first-order valence-corrected chi connectivity index (χ1v) is 22.7. The molecule has 0 N–H and O–H groups in total. The van der Waals surface area contributed by atoms with Crippen LogP contribution in [-0.2, 0) is 17.3 Å².